The van der Waals surface area contributed by atoms with Crippen LogP contribution in [0.4, 0.5) is 0 Å². The van der Waals surface area contributed by atoms with Crippen LogP contribution in [0.25, 0.3) is 24.3 Å². The lowest BCUT2D eigenvalue weighted by Crippen LogP contribution is -2.62. The first-order valence-corrected chi connectivity index (χ1v) is 12.0. The van der Waals surface area contributed by atoms with E-state index >= 15 is 0 Å². The van der Waals surface area contributed by atoms with Gasteiger partial charge in [-0.2, -0.15) is 0 Å². The van der Waals surface area contributed by atoms with Crippen LogP contribution in [0, 0.1) is 10.8 Å². The van der Waals surface area contributed by atoms with Crippen molar-refractivity contribution >= 4 is 24.3 Å². The molecule has 0 atom stereocenters. The van der Waals surface area contributed by atoms with Gasteiger partial charge in [0.2, 0.25) is 0 Å². The molecule has 32 heavy (non-hydrogen) atoms. The van der Waals surface area contributed by atoms with Gasteiger partial charge in [-0.05, 0) is 106 Å². The summed E-state index contributed by atoms with van der Waals surface area (Å²) in [7, 11) is 0. The normalized spacial score (nSPS) is 34.8. The monoisotopic (exact) mass is 420 g/mol. The molecule has 0 radical (unpaired) electrons. The van der Waals surface area contributed by atoms with Crippen molar-refractivity contribution < 1.29 is 0 Å². The molecular weight excluding hydrogens is 384 g/mol. The molecule has 2 aromatic rings. The summed E-state index contributed by atoms with van der Waals surface area (Å²) >= 11 is 0. The van der Waals surface area contributed by atoms with Crippen LogP contribution in [-0.4, -0.2) is 0 Å². The SMILES string of the molecule is C=Cc1cc(C=C)cc(C23CC4(C)CC(C)(C2)CC(c2cc(C=C)cc(C=C)c2)(C4)C3)c1. The fraction of sp³-hybridized carbons (Fsp3) is 0.375. The molecule has 4 saturated carbocycles. The second-order valence-electron chi connectivity index (χ2n) is 11.8. The van der Waals surface area contributed by atoms with Gasteiger partial charge in [0.25, 0.3) is 0 Å². The maximum Gasteiger partial charge on any atom is -0.00277 e. The minimum Gasteiger partial charge on any atom is -0.0985 e. The Balaban J connectivity index is 1.72. The van der Waals surface area contributed by atoms with Crippen molar-refractivity contribution in [2.75, 3.05) is 0 Å². The van der Waals surface area contributed by atoms with Crippen LogP contribution in [0.15, 0.2) is 62.7 Å². The van der Waals surface area contributed by atoms with E-state index in [-0.39, 0.29) is 10.8 Å². The van der Waals surface area contributed by atoms with E-state index in [1.54, 1.807) is 0 Å². The minimum atomic E-state index is 0.202. The molecule has 0 aliphatic heterocycles. The first kappa shape index (κ1) is 21.3. The van der Waals surface area contributed by atoms with Crippen molar-refractivity contribution in [1.82, 2.24) is 0 Å². The van der Waals surface area contributed by atoms with Crippen LogP contribution in [0.5, 0.6) is 0 Å². The van der Waals surface area contributed by atoms with Gasteiger partial charge in [0, 0.05) is 0 Å². The highest BCUT2D eigenvalue weighted by molar-refractivity contribution is 5.61. The Bertz CT molecular complexity index is 987. The molecule has 0 nitrogen and oxygen atoms in total. The predicted molar refractivity (Wildman–Crippen MR) is 141 cm³/mol. The van der Waals surface area contributed by atoms with Gasteiger partial charge in [-0.3, -0.25) is 0 Å². The highest BCUT2D eigenvalue weighted by Crippen LogP contribution is 2.74. The molecule has 0 unspecified atom stereocenters. The van der Waals surface area contributed by atoms with E-state index in [1.807, 2.05) is 24.3 Å². The number of benzene rings is 2. The van der Waals surface area contributed by atoms with Crippen LogP contribution >= 0.6 is 0 Å². The van der Waals surface area contributed by atoms with Gasteiger partial charge in [-0.15, -0.1) is 0 Å². The van der Waals surface area contributed by atoms with Crippen molar-refractivity contribution in [2.45, 2.75) is 63.2 Å². The van der Waals surface area contributed by atoms with Gasteiger partial charge in [0.05, 0.1) is 0 Å². The summed E-state index contributed by atoms with van der Waals surface area (Å²) in [5.74, 6) is 0. The van der Waals surface area contributed by atoms with E-state index in [1.165, 1.54) is 71.9 Å². The Kier molecular flexibility index (Phi) is 4.61. The summed E-state index contributed by atoms with van der Waals surface area (Å²) in [5.41, 5.74) is 8.95. The largest absolute Gasteiger partial charge is 0.0985 e. The van der Waals surface area contributed by atoms with Crippen LogP contribution in [0.3, 0.4) is 0 Å². The summed E-state index contributed by atoms with van der Waals surface area (Å²) in [6, 6.07) is 14.0. The molecule has 4 bridgehead atoms. The van der Waals surface area contributed by atoms with Crippen LogP contribution < -0.4 is 0 Å². The molecule has 164 valence electrons. The number of hydrogen-bond acceptors (Lipinski definition) is 0. The Hall–Kier alpha value is -2.60. The lowest BCUT2D eigenvalue weighted by Gasteiger charge is -2.70. The zero-order chi connectivity index (χ0) is 22.8. The molecule has 0 heterocycles. The molecular formula is C32H36. The molecule has 4 fully saturated rings. The second kappa shape index (κ2) is 6.95. The molecule has 4 aliphatic rings. The van der Waals surface area contributed by atoms with E-state index in [0.29, 0.717) is 10.8 Å². The van der Waals surface area contributed by atoms with Crippen LogP contribution in [-0.2, 0) is 10.8 Å². The summed E-state index contributed by atoms with van der Waals surface area (Å²) < 4.78 is 0. The standard InChI is InChI=1S/C32H36/c1-7-23-11-24(8-2)14-27(13-23)31-18-29(5)17-30(6,19-31)21-32(20-29,22-31)28-15-25(9-3)12-26(10-4)16-28/h7-16H,1-4,17-22H2,5-6H3. The van der Waals surface area contributed by atoms with Crippen molar-refractivity contribution in [3.8, 4) is 0 Å². The van der Waals surface area contributed by atoms with E-state index in [2.05, 4.69) is 76.6 Å². The van der Waals surface area contributed by atoms with Gasteiger partial charge < -0.3 is 0 Å². The van der Waals surface area contributed by atoms with Crippen molar-refractivity contribution in [2.24, 2.45) is 10.8 Å². The van der Waals surface area contributed by atoms with Crippen LogP contribution in [0.1, 0.15) is 85.8 Å². The third-order valence-electron chi connectivity index (χ3n) is 8.71. The average molecular weight is 421 g/mol. The van der Waals surface area contributed by atoms with E-state index in [0.717, 1.165) is 0 Å². The van der Waals surface area contributed by atoms with Crippen LogP contribution in [0.2, 0.25) is 0 Å². The fourth-order valence-corrected chi connectivity index (χ4v) is 8.75. The summed E-state index contributed by atoms with van der Waals surface area (Å²) in [4.78, 5) is 0. The Morgan fingerprint density at radius 3 is 1.09 bits per heavy atom. The van der Waals surface area contributed by atoms with Crippen molar-refractivity contribution in [3.05, 3.63) is 96.1 Å². The summed E-state index contributed by atoms with van der Waals surface area (Å²) in [6.45, 7) is 21.4. The summed E-state index contributed by atoms with van der Waals surface area (Å²) in [5, 5.41) is 0. The van der Waals surface area contributed by atoms with Gasteiger partial charge >= 0.3 is 0 Å². The number of rotatable bonds is 6. The molecule has 0 amide bonds. The van der Waals surface area contributed by atoms with Crippen molar-refractivity contribution in [1.29, 1.82) is 0 Å². The second-order valence-corrected chi connectivity index (χ2v) is 11.8. The maximum atomic E-state index is 4.07. The molecule has 0 N–H and O–H groups in total. The van der Waals surface area contributed by atoms with Gasteiger partial charge in [0.15, 0.2) is 0 Å². The Morgan fingerprint density at radius 2 is 0.812 bits per heavy atom. The average Bonchev–Trinajstić information content (AvgIpc) is 2.75. The Labute approximate surface area is 194 Å². The Morgan fingerprint density at radius 1 is 0.500 bits per heavy atom. The maximum absolute atomic E-state index is 4.07. The predicted octanol–water partition coefficient (Wildman–Crippen LogP) is 8.83. The minimum absolute atomic E-state index is 0.202. The fourth-order valence-electron chi connectivity index (χ4n) is 8.75. The molecule has 0 saturated heterocycles. The van der Waals surface area contributed by atoms with E-state index < -0.39 is 0 Å². The van der Waals surface area contributed by atoms with Gasteiger partial charge in [0.1, 0.15) is 0 Å². The molecule has 2 aromatic carbocycles. The van der Waals surface area contributed by atoms with E-state index in [4.69, 9.17) is 0 Å². The zero-order valence-corrected chi connectivity index (χ0v) is 19.8. The smallest absolute Gasteiger partial charge is 0.00277 e. The molecule has 0 aromatic heterocycles. The third-order valence-corrected chi connectivity index (χ3v) is 8.71. The lowest BCUT2D eigenvalue weighted by atomic mass is 9.34. The van der Waals surface area contributed by atoms with Crippen molar-refractivity contribution in [3.63, 3.8) is 0 Å². The first-order chi connectivity index (χ1) is 15.2. The third kappa shape index (κ3) is 3.19. The van der Waals surface area contributed by atoms with Gasteiger partial charge in [-0.25, -0.2) is 0 Å². The number of hydrogen-bond donors (Lipinski definition) is 0. The van der Waals surface area contributed by atoms with E-state index in [9.17, 15) is 0 Å². The molecule has 6 rings (SSSR count). The highest BCUT2D eigenvalue weighted by Gasteiger charge is 2.66. The first-order valence-electron chi connectivity index (χ1n) is 12.0. The highest BCUT2D eigenvalue weighted by atomic mass is 14.7. The molecule has 4 aliphatic carbocycles. The zero-order valence-electron chi connectivity index (χ0n) is 19.8. The van der Waals surface area contributed by atoms with Gasteiger partial charge in [-0.1, -0.05) is 88.7 Å². The molecule has 0 heteroatoms. The lowest BCUT2D eigenvalue weighted by molar-refractivity contribution is -0.126. The topological polar surface area (TPSA) is 0 Å². The summed E-state index contributed by atoms with van der Waals surface area (Å²) in [6.07, 6.45) is 15.6. The molecule has 0 spiro atoms. The quantitative estimate of drug-likeness (QED) is 0.438.